The molecule has 0 bridgehead atoms. The third-order valence-electron chi connectivity index (χ3n) is 4.05. The van der Waals surface area contributed by atoms with Gasteiger partial charge in [0.15, 0.2) is 0 Å². The molecule has 0 aromatic rings. The fourth-order valence-corrected chi connectivity index (χ4v) is 3.05. The first-order valence-electron chi connectivity index (χ1n) is 6.47. The lowest BCUT2D eigenvalue weighted by Crippen LogP contribution is -2.22. The molecule has 0 spiro atoms. The average Bonchev–Trinajstić information content (AvgIpc) is 2.29. The summed E-state index contributed by atoms with van der Waals surface area (Å²) in [5, 5.41) is 0. The lowest BCUT2D eigenvalue weighted by atomic mass is 9.74. The predicted molar refractivity (Wildman–Crippen MR) is 71.3 cm³/mol. The van der Waals surface area contributed by atoms with Gasteiger partial charge in [-0.1, -0.05) is 23.3 Å². The Morgan fingerprint density at radius 2 is 1.56 bits per heavy atom. The number of rotatable bonds is 1. The average molecular weight is 250 g/mol. The van der Waals surface area contributed by atoms with Crippen LogP contribution in [-0.4, -0.2) is 0 Å². The van der Waals surface area contributed by atoms with E-state index in [1.54, 1.807) is 13.8 Å². The number of hydrogen-bond donors (Lipinski definition) is 0. The molecule has 2 heteroatoms. The number of halogens is 2. The van der Waals surface area contributed by atoms with Crippen LogP contribution in [-0.2, 0) is 0 Å². The van der Waals surface area contributed by atoms with E-state index in [1.807, 2.05) is 26.0 Å². The molecule has 1 unspecified atom stereocenters. The highest BCUT2D eigenvalue weighted by Crippen LogP contribution is 2.43. The molecule has 0 amide bonds. The van der Waals surface area contributed by atoms with E-state index in [-0.39, 0.29) is 23.5 Å². The first-order valence-corrected chi connectivity index (χ1v) is 6.47. The van der Waals surface area contributed by atoms with Crippen molar-refractivity contribution < 1.29 is 8.78 Å². The Bertz CT molecular complexity index is 489. The van der Waals surface area contributed by atoms with Crippen LogP contribution in [0.3, 0.4) is 0 Å². The summed E-state index contributed by atoms with van der Waals surface area (Å²) < 4.78 is 28.0. The maximum atomic E-state index is 14.3. The first kappa shape index (κ1) is 13.3. The van der Waals surface area contributed by atoms with E-state index in [2.05, 4.69) is 0 Å². The van der Waals surface area contributed by atoms with Gasteiger partial charge in [-0.05, 0) is 51.2 Å². The second-order valence-corrected chi connectivity index (χ2v) is 5.62. The zero-order valence-corrected chi connectivity index (χ0v) is 11.5. The quantitative estimate of drug-likeness (QED) is 0.584. The fourth-order valence-electron chi connectivity index (χ4n) is 3.05. The Hall–Kier alpha value is -1.18. The van der Waals surface area contributed by atoms with Crippen molar-refractivity contribution in [3.8, 4) is 0 Å². The highest BCUT2D eigenvalue weighted by Gasteiger charge is 2.32. The van der Waals surface area contributed by atoms with Crippen LogP contribution in [0.2, 0.25) is 0 Å². The molecular formula is C16H20F2. The first-order chi connectivity index (χ1) is 8.40. The van der Waals surface area contributed by atoms with E-state index in [1.165, 1.54) is 5.57 Å². The second-order valence-electron chi connectivity index (χ2n) is 5.62. The minimum atomic E-state index is -0.190. The number of allylic oxidation sites excluding steroid dienone is 8. The second kappa shape index (κ2) is 4.83. The molecule has 0 aromatic heterocycles. The SMILES string of the molecule is CC1=CC(C)=C(F)C([C@@H]2CC(F)=C(C)C=C2C)C1. The molecule has 0 aromatic carbocycles. The minimum absolute atomic E-state index is 0.0349. The molecule has 0 heterocycles. The van der Waals surface area contributed by atoms with Crippen molar-refractivity contribution >= 4 is 0 Å². The van der Waals surface area contributed by atoms with E-state index in [4.69, 9.17) is 0 Å². The minimum Gasteiger partial charge on any atom is -0.212 e. The molecule has 2 rings (SSSR count). The van der Waals surface area contributed by atoms with Crippen molar-refractivity contribution in [2.45, 2.75) is 40.5 Å². The Balaban J connectivity index is 2.30. The summed E-state index contributed by atoms with van der Waals surface area (Å²) in [4.78, 5) is 0. The van der Waals surface area contributed by atoms with Gasteiger partial charge in [0.05, 0.1) is 0 Å². The summed E-state index contributed by atoms with van der Waals surface area (Å²) in [5.41, 5.74) is 3.66. The van der Waals surface area contributed by atoms with Crippen LogP contribution in [0.1, 0.15) is 40.5 Å². The molecule has 2 atom stereocenters. The Kier molecular flexibility index (Phi) is 3.56. The summed E-state index contributed by atoms with van der Waals surface area (Å²) >= 11 is 0. The van der Waals surface area contributed by atoms with Crippen molar-refractivity contribution in [1.82, 2.24) is 0 Å². The molecule has 18 heavy (non-hydrogen) atoms. The van der Waals surface area contributed by atoms with E-state index < -0.39 is 0 Å². The Labute approximate surface area is 108 Å². The molecule has 98 valence electrons. The van der Waals surface area contributed by atoms with Crippen LogP contribution in [0, 0.1) is 11.8 Å². The van der Waals surface area contributed by atoms with E-state index in [0.29, 0.717) is 24.0 Å². The van der Waals surface area contributed by atoms with Gasteiger partial charge in [0.25, 0.3) is 0 Å². The lowest BCUT2D eigenvalue weighted by Gasteiger charge is -2.32. The zero-order chi connectivity index (χ0) is 13.4. The smallest absolute Gasteiger partial charge is 0.107 e. The molecule has 2 aliphatic rings. The van der Waals surface area contributed by atoms with Crippen molar-refractivity contribution in [2.75, 3.05) is 0 Å². The van der Waals surface area contributed by atoms with Crippen LogP contribution < -0.4 is 0 Å². The van der Waals surface area contributed by atoms with E-state index in [0.717, 1.165) is 5.57 Å². The summed E-state index contributed by atoms with van der Waals surface area (Å²) in [6.07, 6.45) is 4.79. The molecule has 0 radical (unpaired) electrons. The molecule has 2 aliphatic carbocycles. The molecular weight excluding hydrogens is 230 g/mol. The summed E-state index contributed by atoms with van der Waals surface area (Å²) in [5.74, 6) is -0.383. The third-order valence-corrected chi connectivity index (χ3v) is 4.05. The standard InChI is InChI=1S/C16H20F2/c1-9-5-12(4)16(18)14(6-9)13-8-15(17)11(3)7-10(13)2/h5,7,13-14H,6,8H2,1-4H3/t13-,14?/m1/s1. The summed E-state index contributed by atoms with van der Waals surface area (Å²) in [6, 6.07) is 0. The monoisotopic (exact) mass is 250 g/mol. The largest absolute Gasteiger partial charge is 0.212 e. The topological polar surface area (TPSA) is 0 Å². The van der Waals surface area contributed by atoms with Crippen molar-refractivity contribution in [2.24, 2.45) is 11.8 Å². The van der Waals surface area contributed by atoms with Crippen LogP contribution in [0.4, 0.5) is 8.78 Å². The summed E-state index contributed by atoms with van der Waals surface area (Å²) in [7, 11) is 0. The van der Waals surface area contributed by atoms with Gasteiger partial charge < -0.3 is 0 Å². The van der Waals surface area contributed by atoms with Crippen molar-refractivity contribution in [3.05, 3.63) is 46.1 Å². The van der Waals surface area contributed by atoms with E-state index in [9.17, 15) is 8.78 Å². The van der Waals surface area contributed by atoms with Crippen LogP contribution in [0.25, 0.3) is 0 Å². The van der Waals surface area contributed by atoms with Crippen LogP contribution >= 0.6 is 0 Å². The van der Waals surface area contributed by atoms with Gasteiger partial charge in [-0.3, -0.25) is 0 Å². The highest BCUT2D eigenvalue weighted by molar-refractivity contribution is 5.36. The van der Waals surface area contributed by atoms with Crippen molar-refractivity contribution in [3.63, 3.8) is 0 Å². The van der Waals surface area contributed by atoms with Crippen molar-refractivity contribution in [1.29, 1.82) is 0 Å². The Morgan fingerprint density at radius 1 is 0.889 bits per heavy atom. The molecule has 0 fully saturated rings. The predicted octanol–water partition coefficient (Wildman–Crippen LogP) is 5.41. The van der Waals surface area contributed by atoms with Gasteiger partial charge in [-0.2, -0.15) is 0 Å². The highest BCUT2D eigenvalue weighted by atomic mass is 19.1. The van der Waals surface area contributed by atoms with Gasteiger partial charge in [0, 0.05) is 12.3 Å². The molecule has 0 saturated carbocycles. The fraction of sp³-hybridized carbons (Fsp3) is 0.500. The number of hydrogen-bond acceptors (Lipinski definition) is 0. The maximum absolute atomic E-state index is 14.3. The third kappa shape index (κ3) is 2.33. The zero-order valence-electron chi connectivity index (χ0n) is 11.5. The molecule has 0 nitrogen and oxygen atoms in total. The maximum Gasteiger partial charge on any atom is 0.107 e. The lowest BCUT2D eigenvalue weighted by molar-refractivity contribution is 0.328. The van der Waals surface area contributed by atoms with Gasteiger partial charge in [0.2, 0.25) is 0 Å². The van der Waals surface area contributed by atoms with Crippen LogP contribution in [0.15, 0.2) is 46.1 Å². The van der Waals surface area contributed by atoms with Gasteiger partial charge in [-0.15, -0.1) is 0 Å². The van der Waals surface area contributed by atoms with Crippen LogP contribution in [0.5, 0.6) is 0 Å². The van der Waals surface area contributed by atoms with E-state index >= 15 is 0 Å². The van der Waals surface area contributed by atoms with Gasteiger partial charge in [-0.25, -0.2) is 8.78 Å². The normalized spacial score (nSPS) is 29.4. The molecule has 0 N–H and O–H groups in total. The molecule has 0 aliphatic heterocycles. The van der Waals surface area contributed by atoms with Gasteiger partial charge in [0.1, 0.15) is 11.7 Å². The molecule has 0 saturated heterocycles. The van der Waals surface area contributed by atoms with Gasteiger partial charge >= 0.3 is 0 Å². The Morgan fingerprint density at radius 3 is 2.22 bits per heavy atom. The summed E-state index contributed by atoms with van der Waals surface area (Å²) in [6.45, 7) is 7.57.